The quantitative estimate of drug-likeness (QED) is 0.864. The highest BCUT2D eigenvalue weighted by atomic mass is 19.1. The lowest BCUT2D eigenvalue weighted by Gasteiger charge is -2.30. The topological polar surface area (TPSA) is 32.3 Å². The number of halogens is 1. The van der Waals surface area contributed by atoms with Crippen molar-refractivity contribution in [2.75, 3.05) is 16.8 Å². The number of hydrogen-bond acceptors (Lipinski definition) is 2. The molecule has 1 aromatic carbocycles. The van der Waals surface area contributed by atoms with Gasteiger partial charge in [-0.2, -0.15) is 0 Å². The molecule has 112 valence electrons. The van der Waals surface area contributed by atoms with Crippen LogP contribution in [0.3, 0.4) is 0 Å². The second-order valence-electron chi connectivity index (χ2n) is 5.64. The Balaban J connectivity index is 2.19. The number of carbonyl (C=O) groups is 1. The molecule has 0 bridgehead atoms. The van der Waals surface area contributed by atoms with Gasteiger partial charge in [0.25, 0.3) is 5.91 Å². The van der Waals surface area contributed by atoms with Crippen LogP contribution in [0.15, 0.2) is 18.2 Å². The zero-order valence-corrected chi connectivity index (χ0v) is 12.7. The number of nitrogens with zero attached hydrogens (tertiary/aromatic N) is 1. The van der Waals surface area contributed by atoms with E-state index in [0.717, 1.165) is 19.4 Å². The molecule has 1 aliphatic rings. The van der Waals surface area contributed by atoms with Crippen LogP contribution < -0.4 is 10.2 Å². The van der Waals surface area contributed by atoms with Crippen LogP contribution in [0.5, 0.6) is 0 Å². The van der Waals surface area contributed by atoms with Crippen molar-refractivity contribution >= 4 is 17.3 Å². The fraction of sp³-hybridized carbons (Fsp3) is 0.471. The second kappa shape index (κ2) is 6.62. The number of rotatable bonds is 3. The summed E-state index contributed by atoms with van der Waals surface area (Å²) in [5.74, 6) is 4.65. The Hall–Kier alpha value is -2.02. The van der Waals surface area contributed by atoms with Crippen molar-refractivity contribution in [3.8, 4) is 11.8 Å². The molecule has 0 spiro atoms. The summed E-state index contributed by atoms with van der Waals surface area (Å²) in [4.78, 5) is 13.5. The maximum atomic E-state index is 14.3. The summed E-state index contributed by atoms with van der Waals surface area (Å²) in [7, 11) is 0. The zero-order valence-electron chi connectivity index (χ0n) is 12.7. The molecule has 1 N–H and O–H groups in total. The summed E-state index contributed by atoms with van der Waals surface area (Å²) in [6.45, 7) is 6.80. The second-order valence-corrected chi connectivity index (χ2v) is 5.64. The minimum Gasteiger partial charge on any atom is -0.366 e. The van der Waals surface area contributed by atoms with E-state index in [4.69, 9.17) is 0 Å². The highest BCUT2D eigenvalue weighted by Crippen LogP contribution is 2.32. The largest absolute Gasteiger partial charge is 0.366 e. The van der Waals surface area contributed by atoms with Gasteiger partial charge in [-0.3, -0.25) is 4.79 Å². The van der Waals surface area contributed by atoms with Gasteiger partial charge in [0.2, 0.25) is 0 Å². The van der Waals surface area contributed by atoms with Crippen molar-refractivity contribution in [2.24, 2.45) is 5.92 Å². The monoisotopic (exact) mass is 288 g/mol. The van der Waals surface area contributed by atoms with E-state index in [1.54, 1.807) is 19.1 Å². The van der Waals surface area contributed by atoms with E-state index in [2.05, 4.69) is 35.9 Å². The lowest BCUT2D eigenvalue weighted by Crippen LogP contribution is -2.33. The third-order valence-electron chi connectivity index (χ3n) is 3.82. The molecule has 0 aliphatic carbocycles. The Bertz CT molecular complexity index is 586. The molecule has 1 atom stereocenters. The highest BCUT2D eigenvalue weighted by Gasteiger charge is 2.28. The van der Waals surface area contributed by atoms with Crippen LogP contribution in [-0.2, 0) is 4.79 Å². The van der Waals surface area contributed by atoms with E-state index in [1.807, 2.05) is 0 Å². The molecule has 21 heavy (non-hydrogen) atoms. The van der Waals surface area contributed by atoms with Gasteiger partial charge in [0, 0.05) is 18.3 Å². The van der Waals surface area contributed by atoms with Gasteiger partial charge in [0.15, 0.2) is 0 Å². The van der Waals surface area contributed by atoms with Gasteiger partial charge < -0.3 is 10.2 Å². The molecule has 1 amide bonds. The molecule has 1 aromatic rings. The molecule has 0 radical (unpaired) electrons. The van der Waals surface area contributed by atoms with Crippen molar-refractivity contribution in [2.45, 2.75) is 39.7 Å². The van der Waals surface area contributed by atoms with E-state index >= 15 is 0 Å². The fourth-order valence-corrected chi connectivity index (χ4v) is 2.88. The third-order valence-corrected chi connectivity index (χ3v) is 3.82. The average molecular weight is 288 g/mol. The Labute approximate surface area is 125 Å². The van der Waals surface area contributed by atoms with E-state index in [1.165, 1.54) is 6.07 Å². The van der Waals surface area contributed by atoms with Gasteiger partial charge in [0.1, 0.15) is 5.82 Å². The number of anilines is 2. The van der Waals surface area contributed by atoms with Crippen LogP contribution in [0.2, 0.25) is 0 Å². The third kappa shape index (κ3) is 3.55. The van der Waals surface area contributed by atoms with Crippen LogP contribution in [-0.4, -0.2) is 18.5 Å². The lowest BCUT2D eigenvalue weighted by atomic mass is 10.0. The summed E-state index contributed by atoms with van der Waals surface area (Å²) < 4.78 is 14.3. The average Bonchev–Trinajstić information content (AvgIpc) is 2.88. The minimum atomic E-state index is -0.425. The first-order valence-corrected chi connectivity index (χ1v) is 7.33. The Morgan fingerprint density at radius 3 is 2.86 bits per heavy atom. The molecule has 0 saturated carbocycles. The predicted octanol–water partition coefficient (Wildman–Crippen LogP) is 3.41. The number of amides is 1. The molecule has 1 aliphatic heterocycles. The van der Waals surface area contributed by atoms with Crippen LogP contribution >= 0.6 is 0 Å². The maximum Gasteiger partial charge on any atom is 0.300 e. The van der Waals surface area contributed by atoms with Crippen LogP contribution in [0, 0.1) is 23.6 Å². The van der Waals surface area contributed by atoms with Crippen molar-refractivity contribution in [1.82, 2.24) is 0 Å². The highest BCUT2D eigenvalue weighted by molar-refractivity contribution is 6.03. The lowest BCUT2D eigenvalue weighted by molar-refractivity contribution is -0.111. The standard InChI is InChI=1S/C17H21FN2O/c1-4-6-17(21)19-13-8-9-16(14(18)11-13)20-10-5-7-15(20)12(2)3/h8-9,11-12,15H,5,7,10H2,1-3H3,(H,19,21). The summed E-state index contributed by atoms with van der Waals surface area (Å²) in [6.07, 6.45) is 2.19. The van der Waals surface area contributed by atoms with Crippen molar-refractivity contribution < 1.29 is 9.18 Å². The molecular formula is C17H21FN2O. The molecule has 1 saturated heterocycles. The summed E-state index contributed by atoms with van der Waals surface area (Å²) >= 11 is 0. The molecule has 1 fully saturated rings. The molecule has 1 heterocycles. The summed E-state index contributed by atoms with van der Waals surface area (Å²) in [5, 5.41) is 2.56. The Kier molecular flexibility index (Phi) is 4.85. The van der Waals surface area contributed by atoms with Gasteiger partial charge in [-0.05, 0) is 49.8 Å². The molecule has 4 heteroatoms. The number of hydrogen-bond donors (Lipinski definition) is 1. The first-order chi connectivity index (χ1) is 10.0. The smallest absolute Gasteiger partial charge is 0.300 e. The van der Waals surface area contributed by atoms with Gasteiger partial charge in [-0.15, -0.1) is 0 Å². The first kappa shape index (κ1) is 15.4. The van der Waals surface area contributed by atoms with Gasteiger partial charge >= 0.3 is 0 Å². The van der Waals surface area contributed by atoms with Crippen LogP contribution in [0.4, 0.5) is 15.8 Å². The Morgan fingerprint density at radius 2 is 2.24 bits per heavy atom. The SMILES string of the molecule is CC#CC(=O)Nc1ccc(N2CCCC2C(C)C)c(F)c1. The van der Waals surface area contributed by atoms with E-state index in [-0.39, 0.29) is 5.82 Å². The zero-order chi connectivity index (χ0) is 15.4. The van der Waals surface area contributed by atoms with Crippen LogP contribution in [0.25, 0.3) is 0 Å². The van der Waals surface area contributed by atoms with Crippen molar-refractivity contribution in [3.05, 3.63) is 24.0 Å². The predicted molar refractivity (Wildman–Crippen MR) is 83.7 cm³/mol. The van der Waals surface area contributed by atoms with Crippen molar-refractivity contribution in [3.63, 3.8) is 0 Å². The number of nitrogens with one attached hydrogen (secondary N) is 1. The Morgan fingerprint density at radius 1 is 1.48 bits per heavy atom. The number of carbonyl (C=O) groups excluding carboxylic acids is 1. The number of benzene rings is 1. The molecule has 3 nitrogen and oxygen atoms in total. The van der Waals surface area contributed by atoms with Gasteiger partial charge in [0.05, 0.1) is 5.69 Å². The molecule has 0 aromatic heterocycles. The van der Waals surface area contributed by atoms with Crippen molar-refractivity contribution in [1.29, 1.82) is 0 Å². The fourth-order valence-electron chi connectivity index (χ4n) is 2.88. The maximum absolute atomic E-state index is 14.3. The molecular weight excluding hydrogens is 267 g/mol. The van der Waals surface area contributed by atoms with Gasteiger partial charge in [-0.25, -0.2) is 4.39 Å². The summed E-state index contributed by atoms with van der Waals surface area (Å²) in [6, 6.07) is 5.21. The van der Waals surface area contributed by atoms with E-state index in [9.17, 15) is 9.18 Å². The first-order valence-electron chi connectivity index (χ1n) is 7.33. The summed E-state index contributed by atoms with van der Waals surface area (Å²) in [5.41, 5.74) is 1.05. The molecule has 1 unspecified atom stereocenters. The van der Waals surface area contributed by atoms with Crippen LogP contribution in [0.1, 0.15) is 33.6 Å². The van der Waals surface area contributed by atoms with Gasteiger partial charge in [-0.1, -0.05) is 19.8 Å². The minimum absolute atomic E-state index is 0.301. The molecule has 2 rings (SSSR count). The van der Waals surface area contributed by atoms with E-state index < -0.39 is 5.91 Å². The van der Waals surface area contributed by atoms with E-state index in [0.29, 0.717) is 23.3 Å². The normalized spacial score (nSPS) is 17.6.